The molecule has 2 bridgehead atoms. The largest absolute Gasteiger partial charge is 0.312 e. The second-order valence-electron chi connectivity index (χ2n) is 6.49. The summed E-state index contributed by atoms with van der Waals surface area (Å²) in [5, 5.41) is 3.71. The van der Waals surface area contributed by atoms with E-state index < -0.39 is 0 Å². The topological polar surface area (TPSA) is 18.5 Å². The number of nitrogens with one attached hydrogen (secondary N) is 1. The minimum Gasteiger partial charge on any atom is -0.312 e. The van der Waals surface area contributed by atoms with Crippen molar-refractivity contribution >= 4 is 0 Å². The Kier molecular flexibility index (Phi) is 3.57. The Bertz CT molecular complexity index is 226. The summed E-state index contributed by atoms with van der Waals surface area (Å²) in [6.45, 7) is 16.8. The molecule has 0 saturated carbocycles. The van der Waals surface area contributed by atoms with Gasteiger partial charge in [-0.25, -0.2) is 0 Å². The molecule has 0 amide bonds. The molecule has 16 heavy (non-hydrogen) atoms. The summed E-state index contributed by atoms with van der Waals surface area (Å²) in [6.07, 6.45) is 0. The standard InChI is InChI=1S/C13H27N3/c1-11(13(2,3)4)14-9-12-10-15-5-7-16(12)8-6-15/h11-12,14H,5-10H2,1-4H3. The van der Waals surface area contributed by atoms with Crippen LogP contribution in [-0.2, 0) is 0 Å². The number of rotatable bonds is 3. The normalized spacial score (nSPS) is 36.4. The molecule has 0 aliphatic carbocycles. The summed E-state index contributed by atoms with van der Waals surface area (Å²) in [7, 11) is 0. The molecule has 0 aromatic rings. The lowest BCUT2D eigenvalue weighted by Gasteiger charge is -2.48. The van der Waals surface area contributed by atoms with Crippen molar-refractivity contribution in [2.24, 2.45) is 5.41 Å². The van der Waals surface area contributed by atoms with Crippen LogP contribution >= 0.6 is 0 Å². The van der Waals surface area contributed by atoms with Crippen LogP contribution < -0.4 is 5.32 Å². The highest BCUT2D eigenvalue weighted by atomic mass is 15.3. The summed E-state index contributed by atoms with van der Waals surface area (Å²) in [4.78, 5) is 5.26. The van der Waals surface area contributed by atoms with Gasteiger partial charge in [0.1, 0.15) is 0 Å². The van der Waals surface area contributed by atoms with Gasteiger partial charge in [-0.3, -0.25) is 9.80 Å². The van der Waals surface area contributed by atoms with E-state index in [9.17, 15) is 0 Å². The number of hydrogen-bond donors (Lipinski definition) is 1. The average Bonchev–Trinajstić information content (AvgIpc) is 2.26. The number of nitrogens with zero attached hydrogens (tertiary/aromatic N) is 2. The summed E-state index contributed by atoms with van der Waals surface area (Å²) >= 11 is 0. The third kappa shape index (κ3) is 2.76. The maximum Gasteiger partial charge on any atom is 0.0349 e. The summed E-state index contributed by atoms with van der Waals surface area (Å²) in [5.74, 6) is 0. The van der Waals surface area contributed by atoms with E-state index in [1.807, 2.05) is 0 Å². The van der Waals surface area contributed by atoms with Crippen molar-refractivity contribution in [3.63, 3.8) is 0 Å². The quantitative estimate of drug-likeness (QED) is 0.773. The summed E-state index contributed by atoms with van der Waals surface area (Å²) in [6, 6.07) is 1.33. The molecule has 3 fully saturated rings. The van der Waals surface area contributed by atoms with E-state index in [2.05, 4.69) is 42.8 Å². The zero-order valence-corrected chi connectivity index (χ0v) is 11.3. The van der Waals surface area contributed by atoms with Crippen molar-refractivity contribution in [3.8, 4) is 0 Å². The monoisotopic (exact) mass is 225 g/mol. The molecule has 3 heterocycles. The Morgan fingerprint density at radius 1 is 1.19 bits per heavy atom. The van der Waals surface area contributed by atoms with Gasteiger partial charge in [0.25, 0.3) is 0 Å². The first-order valence-corrected chi connectivity index (χ1v) is 6.66. The lowest BCUT2D eigenvalue weighted by Crippen LogP contribution is -2.63. The van der Waals surface area contributed by atoms with E-state index in [-0.39, 0.29) is 0 Å². The molecule has 3 saturated heterocycles. The first-order chi connectivity index (χ1) is 7.47. The maximum atomic E-state index is 3.71. The van der Waals surface area contributed by atoms with E-state index in [1.165, 1.54) is 32.7 Å². The third-order valence-corrected chi connectivity index (χ3v) is 4.35. The number of fused-ring (bicyclic) bond motifs is 3. The fraction of sp³-hybridized carbons (Fsp3) is 1.00. The van der Waals surface area contributed by atoms with E-state index in [1.54, 1.807) is 0 Å². The van der Waals surface area contributed by atoms with Crippen molar-refractivity contribution in [1.29, 1.82) is 0 Å². The van der Waals surface area contributed by atoms with Crippen LogP contribution in [0.4, 0.5) is 0 Å². The summed E-state index contributed by atoms with van der Waals surface area (Å²) in [5.41, 5.74) is 0.364. The highest BCUT2D eigenvalue weighted by molar-refractivity contribution is 4.90. The van der Waals surface area contributed by atoms with Gasteiger partial charge in [0.05, 0.1) is 0 Å². The molecule has 0 radical (unpaired) electrons. The maximum absolute atomic E-state index is 3.71. The van der Waals surface area contributed by atoms with Crippen LogP contribution in [0.15, 0.2) is 0 Å². The van der Waals surface area contributed by atoms with Crippen LogP contribution in [0.25, 0.3) is 0 Å². The van der Waals surface area contributed by atoms with Crippen LogP contribution in [0.5, 0.6) is 0 Å². The van der Waals surface area contributed by atoms with E-state index in [0.29, 0.717) is 11.5 Å². The molecule has 3 aliphatic rings. The van der Waals surface area contributed by atoms with Crippen LogP contribution in [-0.4, -0.2) is 61.2 Å². The highest BCUT2D eigenvalue weighted by Gasteiger charge is 2.32. The predicted octanol–water partition coefficient (Wildman–Crippen LogP) is 1.01. The lowest BCUT2D eigenvalue weighted by atomic mass is 9.88. The minimum atomic E-state index is 0.364. The van der Waals surface area contributed by atoms with Gasteiger partial charge >= 0.3 is 0 Å². The fourth-order valence-electron chi connectivity index (χ4n) is 2.54. The number of piperazine rings is 3. The molecule has 94 valence electrons. The molecule has 0 aromatic heterocycles. The van der Waals surface area contributed by atoms with Crippen molar-refractivity contribution in [3.05, 3.63) is 0 Å². The summed E-state index contributed by atoms with van der Waals surface area (Å²) < 4.78 is 0. The Labute approximate surface area is 100 Å². The minimum absolute atomic E-state index is 0.364. The Hall–Kier alpha value is -0.120. The van der Waals surface area contributed by atoms with Crippen molar-refractivity contribution in [2.75, 3.05) is 39.3 Å². The molecule has 3 rings (SSSR count). The zero-order chi connectivity index (χ0) is 11.8. The molecule has 2 atom stereocenters. The van der Waals surface area contributed by atoms with Crippen molar-refractivity contribution < 1.29 is 0 Å². The van der Waals surface area contributed by atoms with Crippen LogP contribution in [0.1, 0.15) is 27.7 Å². The van der Waals surface area contributed by atoms with Crippen LogP contribution in [0.2, 0.25) is 0 Å². The van der Waals surface area contributed by atoms with Gasteiger partial charge in [-0.15, -0.1) is 0 Å². The van der Waals surface area contributed by atoms with E-state index in [4.69, 9.17) is 0 Å². The first kappa shape index (κ1) is 12.3. The van der Waals surface area contributed by atoms with Crippen LogP contribution in [0, 0.1) is 5.41 Å². The number of hydrogen-bond acceptors (Lipinski definition) is 3. The lowest BCUT2D eigenvalue weighted by molar-refractivity contribution is 0.0114. The molecule has 3 aliphatic heterocycles. The Morgan fingerprint density at radius 2 is 1.81 bits per heavy atom. The van der Waals surface area contributed by atoms with Crippen LogP contribution in [0.3, 0.4) is 0 Å². The molecule has 0 aromatic carbocycles. The molecular formula is C13H27N3. The first-order valence-electron chi connectivity index (χ1n) is 6.66. The second-order valence-corrected chi connectivity index (χ2v) is 6.49. The molecular weight excluding hydrogens is 198 g/mol. The molecule has 2 unspecified atom stereocenters. The van der Waals surface area contributed by atoms with E-state index >= 15 is 0 Å². The van der Waals surface area contributed by atoms with Gasteiger partial charge in [-0.1, -0.05) is 20.8 Å². The van der Waals surface area contributed by atoms with Gasteiger partial charge in [-0.05, 0) is 12.3 Å². The molecule has 1 N–H and O–H groups in total. The molecule has 3 nitrogen and oxygen atoms in total. The molecule has 3 heteroatoms. The van der Waals surface area contributed by atoms with Gasteiger partial charge in [0.2, 0.25) is 0 Å². The van der Waals surface area contributed by atoms with E-state index in [0.717, 1.165) is 12.6 Å². The molecule has 0 spiro atoms. The Morgan fingerprint density at radius 3 is 2.25 bits per heavy atom. The second kappa shape index (κ2) is 4.63. The van der Waals surface area contributed by atoms with Gasteiger partial charge in [0.15, 0.2) is 0 Å². The van der Waals surface area contributed by atoms with Gasteiger partial charge < -0.3 is 5.32 Å². The zero-order valence-electron chi connectivity index (χ0n) is 11.3. The predicted molar refractivity (Wildman–Crippen MR) is 68.7 cm³/mol. The van der Waals surface area contributed by atoms with Gasteiger partial charge in [0, 0.05) is 51.4 Å². The van der Waals surface area contributed by atoms with Crippen molar-refractivity contribution in [1.82, 2.24) is 15.1 Å². The average molecular weight is 225 g/mol. The van der Waals surface area contributed by atoms with Crippen molar-refractivity contribution in [2.45, 2.75) is 39.8 Å². The fourth-order valence-corrected chi connectivity index (χ4v) is 2.54. The SMILES string of the molecule is CC(NCC1CN2CCN1CC2)C(C)(C)C. The Balaban J connectivity index is 1.78. The smallest absolute Gasteiger partial charge is 0.0349 e. The van der Waals surface area contributed by atoms with Gasteiger partial charge in [-0.2, -0.15) is 0 Å². The third-order valence-electron chi connectivity index (χ3n) is 4.35. The highest BCUT2D eigenvalue weighted by Crippen LogP contribution is 2.20.